The normalized spacial score (nSPS) is 48.3. The van der Waals surface area contributed by atoms with Crippen molar-refractivity contribution in [1.29, 1.82) is 0 Å². The topological polar surface area (TPSA) is 20.2 Å². The van der Waals surface area contributed by atoms with E-state index in [-0.39, 0.29) is 5.41 Å². The van der Waals surface area contributed by atoms with Crippen molar-refractivity contribution in [3.8, 4) is 0 Å². The molecule has 2 aliphatic carbocycles. The zero-order valence-electron chi connectivity index (χ0n) is 9.26. The number of fused-ring (bicyclic) bond motifs is 1. The van der Waals surface area contributed by atoms with Gasteiger partial charge in [0.25, 0.3) is 0 Å². The lowest BCUT2D eigenvalue weighted by molar-refractivity contribution is -0.120. The van der Waals surface area contributed by atoms with Crippen LogP contribution in [0.25, 0.3) is 0 Å². The van der Waals surface area contributed by atoms with Gasteiger partial charge < -0.3 is 5.11 Å². The molecule has 3 unspecified atom stereocenters. The fourth-order valence-electron chi connectivity index (χ4n) is 3.68. The summed E-state index contributed by atoms with van der Waals surface area (Å²) in [5, 5.41) is 10.6. The van der Waals surface area contributed by atoms with Crippen molar-refractivity contribution in [1.82, 2.24) is 0 Å². The molecule has 0 saturated heterocycles. The molecule has 0 heterocycles. The molecule has 0 aromatic rings. The van der Waals surface area contributed by atoms with Crippen molar-refractivity contribution in [3.63, 3.8) is 0 Å². The smallest absolute Gasteiger partial charge is 0.0881 e. The SMILES string of the molecule is C=CC1(O)CCCC2CCCCC21C. The summed E-state index contributed by atoms with van der Waals surface area (Å²) < 4.78 is 0. The molecular weight excluding hydrogens is 172 g/mol. The first-order chi connectivity index (χ1) is 6.62. The van der Waals surface area contributed by atoms with Gasteiger partial charge in [0, 0.05) is 5.41 Å². The monoisotopic (exact) mass is 194 g/mol. The zero-order valence-corrected chi connectivity index (χ0v) is 9.26. The van der Waals surface area contributed by atoms with Gasteiger partial charge in [-0.15, -0.1) is 6.58 Å². The highest BCUT2D eigenvalue weighted by Crippen LogP contribution is 2.55. The van der Waals surface area contributed by atoms with E-state index in [9.17, 15) is 5.11 Å². The van der Waals surface area contributed by atoms with Crippen LogP contribution in [0.15, 0.2) is 12.7 Å². The Morgan fingerprint density at radius 2 is 1.93 bits per heavy atom. The first kappa shape index (κ1) is 10.2. The minimum absolute atomic E-state index is 0.116. The highest BCUT2D eigenvalue weighted by Gasteiger charge is 2.52. The Balaban J connectivity index is 2.30. The third-order valence-corrected chi connectivity index (χ3v) is 4.84. The van der Waals surface area contributed by atoms with Crippen LogP contribution in [0.5, 0.6) is 0 Å². The van der Waals surface area contributed by atoms with Gasteiger partial charge in [-0.3, -0.25) is 0 Å². The first-order valence-corrected chi connectivity index (χ1v) is 5.98. The second-order valence-corrected chi connectivity index (χ2v) is 5.38. The largest absolute Gasteiger partial charge is 0.385 e. The maximum absolute atomic E-state index is 10.6. The van der Waals surface area contributed by atoms with E-state index in [1.54, 1.807) is 0 Å². The Morgan fingerprint density at radius 1 is 1.21 bits per heavy atom. The van der Waals surface area contributed by atoms with Crippen LogP contribution in [-0.4, -0.2) is 10.7 Å². The Bertz CT molecular complexity index is 233. The van der Waals surface area contributed by atoms with Crippen LogP contribution in [0.2, 0.25) is 0 Å². The van der Waals surface area contributed by atoms with Crippen LogP contribution in [-0.2, 0) is 0 Å². The minimum atomic E-state index is -0.587. The maximum atomic E-state index is 10.6. The maximum Gasteiger partial charge on any atom is 0.0881 e. The summed E-state index contributed by atoms with van der Waals surface area (Å²) in [5.74, 6) is 0.730. The van der Waals surface area contributed by atoms with Gasteiger partial charge in [0.2, 0.25) is 0 Å². The molecule has 0 aliphatic heterocycles. The van der Waals surface area contributed by atoms with Crippen LogP contribution in [0, 0.1) is 11.3 Å². The van der Waals surface area contributed by atoms with Gasteiger partial charge in [-0.1, -0.05) is 25.8 Å². The molecule has 0 aromatic heterocycles. The summed E-state index contributed by atoms with van der Waals surface area (Å²) in [6.45, 7) is 6.12. The molecule has 2 saturated carbocycles. The van der Waals surface area contributed by atoms with E-state index < -0.39 is 5.60 Å². The molecule has 0 radical (unpaired) electrons. The van der Waals surface area contributed by atoms with Crippen molar-refractivity contribution >= 4 is 0 Å². The predicted molar refractivity (Wildman–Crippen MR) is 59.1 cm³/mol. The Morgan fingerprint density at radius 3 is 2.64 bits per heavy atom. The second-order valence-electron chi connectivity index (χ2n) is 5.38. The van der Waals surface area contributed by atoms with Gasteiger partial charge >= 0.3 is 0 Å². The zero-order chi connectivity index (χ0) is 10.2. The van der Waals surface area contributed by atoms with E-state index in [1.807, 2.05) is 6.08 Å². The minimum Gasteiger partial charge on any atom is -0.385 e. The fraction of sp³-hybridized carbons (Fsp3) is 0.846. The van der Waals surface area contributed by atoms with Gasteiger partial charge in [0.05, 0.1) is 5.60 Å². The molecule has 1 nitrogen and oxygen atoms in total. The predicted octanol–water partition coefficient (Wildman–Crippen LogP) is 3.28. The first-order valence-electron chi connectivity index (χ1n) is 5.98. The molecule has 2 fully saturated rings. The number of aliphatic hydroxyl groups is 1. The van der Waals surface area contributed by atoms with Crippen LogP contribution in [0.1, 0.15) is 51.9 Å². The average molecular weight is 194 g/mol. The molecule has 2 rings (SSSR count). The highest BCUT2D eigenvalue weighted by molar-refractivity contribution is 5.12. The summed E-state index contributed by atoms with van der Waals surface area (Å²) in [6.07, 6.45) is 10.3. The second kappa shape index (κ2) is 3.37. The van der Waals surface area contributed by atoms with Gasteiger partial charge in [0.1, 0.15) is 0 Å². The van der Waals surface area contributed by atoms with E-state index in [0.29, 0.717) is 0 Å². The van der Waals surface area contributed by atoms with Gasteiger partial charge in [-0.05, 0) is 38.0 Å². The summed E-state index contributed by atoms with van der Waals surface area (Å²) in [7, 11) is 0. The van der Waals surface area contributed by atoms with E-state index in [2.05, 4.69) is 13.5 Å². The molecule has 1 N–H and O–H groups in total. The number of hydrogen-bond acceptors (Lipinski definition) is 1. The molecule has 0 bridgehead atoms. The highest BCUT2D eigenvalue weighted by atomic mass is 16.3. The van der Waals surface area contributed by atoms with E-state index in [1.165, 1.54) is 38.5 Å². The number of rotatable bonds is 1. The Labute approximate surface area is 87.2 Å². The lowest BCUT2D eigenvalue weighted by atomic mass is 9.53. The molecule has 0 aromatic carbocycles. The van der Waals surface area contributed by atoms with Crippen LogP contribution < -0.4 is 0 Å². The van der Waals surface area contributed by atoms with Crippen LogP contribution in [0.3, 0.4) is 0 Å². The van der Waals surface area contributed by atoms with Gasteiger partial charge in [-0.25, -0.2) is 0 Å². The molecule has 1 heteroatoms. The van der Waals surface area contributed by atoms with E-state index in [0.717, 1.165) is 12.3 Å². The third kappa shape index (κ3) is 1.25. The molecule has 2 aliphatic rings. The van der Waals surface area contributed by atoms with E-state index >= 15 is 0 Å². The summed E-state index contributed by atoms with van der Waals surface area (Å²) in [4.78, 5) is 0. The number of hydrogen-bond donors (Lipinski definition) is 1. The quantitative estimate of drug-likeness (QED) is 0.635. The van der Waals surface area contributed by atoms with Crippen molar-refractivity contribution in [2.24, 2.45) is 11.3 Å². The molecule has 80 valence electrons. The van der Waals surface area contributed by atoms with Crippen LogP contribution >= 0.6 is 0 Å². The molecule has 0 spiro atoms. The summed E-state index contributed by atoms with van der Waals surface area (Å²) in [5.41, 5.74) is -0.471. The molecule has 14 heavy (non-hydrogen) atoms. The van der Waals surface area contributed by atoms with Crippen LogP contribution in [0.4, 0.5) is 0 Å². The third-order valence-electron chi connectivity index (χ3n) is 4.84. The fourth-order valence-corrected chi connectivity index (χ4v) is 3.68. The Kier molecular flexibility index (Phi) is 2.46. The lowest BCUT2D eigenvalue weighted by Crippen LogP contribution is -2.53. The Hall–Kier alpha value is -0.300. The molecule has 0 amide bonds. The molecule has 3 atom stereocenters. The van der Waals surface area contributed by atoms with Gasteiger partial charge in [0.15, 0.2) is 0 Å². The summed E-state index contributed by atoms with van der Waals surface area (Å²) >= 11 is 0. The summed E-state index contributed by atoms with van der Waals surface area (Å²) in [6, 6.07) is 0. The van der Waals surface area contributed by atoms with Crippen molar-refractivity contribution in [3.05, 3.63) is 12.7 Å². The van der Waals surface area contributed by atoms with Gasteiger partial charge in [-0.2, -0.15) is 0 Å². The molecular formula is C13H22O. The van der Waals surface area contributed by atoms with Crippen molar-refractivity contribution in [2.45, 2.75) is 57.5 Å². The van der Waals surface area contributed by atoms with E-state index in [4.69, 9.17) is 0 Å². The van der Waals surface area contributed by atoms with Crippen molar-refractivity contribution in [2.75, 3.05) is 0 Å². The van der Waals surface area contributed by atoms with Crippen molar-refractivity contribution < 1.29 is 5.11 Å². The lowest BCUT2D eigenvalue weighted by Gasteiger charge is -2.54. The average Bonchev–Trinajstić information content (AvgIpc) is 2.20. The standard InChI is InChI=1S/C13H22O/c1-3-13(14)10-6-8-11-7-4-5-9-12(11,13)2/h3,11,14H,1,4-10H2,2H3.